The van der Waals surface area contributed by atoms with Crippen molar-refractivity contribution in [1.29, 1.82) is 5.26 Å². The van der Waals surface area contributed by atoms with Crippen LogP contribution >= 0.6 is 0 Å². The summed E-state index contributed by atoms with van der Waals surface area (Å²) in [6.45, 7) is 6.62. The van der Waals surface area contributed by atoms with Crippen molar-refractivity contribution in [2.45, 2.75) is 38.5 Å². The number of aromatic nitrogens is 2. The quantitative estimate of drug-likeness (QED) is 0.708. The molecule has 0 radical (unpaired) electrons. The lowest BCUT2D eigenvalue weighted by atomic mass is 9.61. The van der Waals surface area contributed by atoms with E-state index in [-0.39, 0.29) is 29.5 Å². The third kappa shape index (κ3) is 4.48. The molecule has 5 rings (SSSR count). The molecule has 2 aliphatic heterocycles. The number of hydrogen-bond donors (Lipinski definition) is 0. The van der Waals surface area contributed by atoms with Crippen molar-refractivity contribution in [2.75, 3.05) is 37.6 Å². The summed E-state index contributed by atoms with van der Waals surface area (Å²) >= 11 is 0. The number of likely N-dealkylation sites (tertiary alicyclic amines) is 1. The molecular formula is C24H27FN6O2. The summed E-state index contributed by atoms with van der Waals surface area (Å²) in [4.78, 5) is 27.4. The number of ether oxygens (including phenoxy) is 1. The van der Waals surface area contributed by atoms with Gasteiger partial charge in [0.25, 0.3) is 0 Å². The van der Waals surface area contributed by atoms with Gasteiger partial charge in [0.15, 0.2) is 0 Å². The van der Waals surface area contributed by atoms with Gasteiger partial charge in [-0.05, 0) is 37.5 Å². The molecule has 3 fully saturated rings. The molecule has 2 saturated heterocycles. The third-order valence-corrected chi connectivity index (χ3v) is 6.94. The molecule has 1 aromatic heterocycles. The van der Waals surface area contributed by atoms with Crippen molar-refractivity contribution < 1.29 is 13.9 Å². The van der Waals surface area contributed by atoms with Crippen molar-refractivity contribution in [3.63, 3.8) is 0 Å². The SMILES string of the molecule is C[C@@H]1CN(c2ncc(C#N)cn2)CCN1C(=O)OC1CC2(C1)CN(Cc1ccc(F)cc1)C2. The van der Waals surface area contributed by atoms with E-state index in [9.17, 15) is 9.18 Å². The van der Waals surface area contributed by atoms with Crippen LogP contribution in [0, 0.1) is 22.6 Å². The minimum absolute atomic E-state index is 0.0161. The summed E-state index contributed by atoms with van der Waals surface area (Å²) in [5, 5.41) is 8.89. The lowest BCUT2D eigenvalue weighted by Crippen LogP contribution is -2.64. The highest BCUT2D eigenvalue weighted by molar-refractivity contribution is 5.69. The molecule has 3 heterocycles. The summed E-state index contributed by atoms with van der Waals surface area (Å²) < 4.78 is 18.9. The minimum Gasteiger partial charge on any atom is -0.446 e. The van der Waals surface area contributed by atoms with Crippen LogP contribution in [0.25, 0.3) is 0 Å². The minimum atomic E-state index is -0.245. The number of nitrogens with zero attached hydrogens (tertiary/aromatic N) is 6. The molecule has 0 unspecified atom stereocenters. The molecule has 9 heteroatoms. The molecule has 0 bridgehead atoms. The van der Waals surface area contributed by atoms with E-state index in [1.807, 2.05) is 30.0 Å². The van der Waals surface area contributed by atoms with Crippen LogP contribution in [-0.2, 0) is 11.3 Å². The Bertz CT molecular complexity index is 1040. The van der Waals surface area contributed by atoms with Crippen molar-refractivity contribution in [2.24, 2.45) is 5.41 Å². The summed E-state index contributed by atoms with van der Waals surface area (Å²) in [7, 11) is 0. The van der Waals surface area contributed by atoms with Crippen LogP contribution in [0.5, 0.6) is 0 Å². The van der Waals surface area contributed by atoms with Gasteiger partial charge in [-0.1, -0.05) is 12.1 Å². The van der Waals surface area contributed by atoms with Gasteiger partial charge in [-0.25, -0.2) is 19.2 Å². The van der Waals surface area contributed by atoms with Crippen LogP contribution in [0.3, 0.4) is 0 Å². The Kier molecular flexibility index (Phi) is 5.62. The number of anilines is 1. The van der Waals surface area contributed by atoms with E-state index < -0.39 is 0 Å². The van der Waals surface area contributed by atoms with Crippen LogP contribution in [0.1, 0.15) is 30.9 Å². The van der Waals surface area contributed by atoms with E-state index in [0.29, 0.717) is 31.1 Å². The first-order chi connectivity index (χ1) is 15.9. The Balaban J connectivity index is 1.05. The monoisotopic (exact) mass is 450 g/mol. The molecule has 1 spiro atoms. The highest BCUT2D eigenvalue weighted by atomic mass is 19.1. The Morgan fingerprint density at radius 2 is 1.91 bits per heavy atom. The van der Waals surface area contributed by atoms with Crippen molar-refractivity contribution in [3.8, 4) is 6.07 Å². The molecule has 1 atom stereocenters. The highest BCUT2D eigenvalue weighted by Gasteiger charge is 2.53. The lowest BCUT2D eigenvalue weighted by molar-refractivity contribution is -0.136. The first-order valence-corrected chi connectivity index (χ1v) is 11.3. The number of rotatable bonds is 4. The van der Waals surface area contributed by atoms with Crippen molar-refractivity contribution in [3.05, 3.63) is 53.6 Å². The highest BCUT2D eigenvalue weighted by Crippen LogP contribution is 2.50. The Hall–Kier alpha value is -3.25. The van der Waals surface area contributed by atoms with Gasteiger partial charge in [-0.3, -0.25) is 4.90 Å². The van der Waals surface area contributed by atoms with E-state index >= 15 is 0 Å². The first kappa shape index (κ1) is 21.6. The summed E-state index contributed by atoms with van der Waals surface area (Å²) in [6, 6.07) is 8.67. The molecule has 1 amide bonds. The molecule has 33 heavy (non-hydrogen) atoms. The Morgan fingerprint density at radius 1 is 1.21 bits per heavy atom. The van der Waals surface area contributed by atoms with Gasteiger partial charge >= 0.3 is 6.09 Å². The maximum absolute atomic E-state index is 13.1. The van der Waals surface area contributed by atoms with E-state index in [2.05, 4.69) is 14.9 Å². The Morgan fingerprint density at radius 3 is 2.55 bits per heavy atom. The zero-order valence-electron chi connectivity index (χ0n) is 18.7. The second kappa shape index (κ2) is 8.60. The number of hydrogen-bond acceptors (Lipinski definition) is 7. The van der Waals surface area contributed by atoms with E-state index in [0.717, 1.165) is 38.0 Å². The fourth-order valence-electron chi connectivity index (χ4n) is 5.27. The average Bonchev–Trinajstić information content (AvgIpc) is 2.77. The summed E-state index contributed by atoms with van der Waals surface area (Å²) in [5.41, 5.74) is 1.81. The number of carbonyl (C=O) groups excluding carboxylic acids is 1. The molecule has 1 saturated carbocycles. The van der Waals surface area contributed by atoms with Gasteiger partial charge in [0.1, 0.15) is 18.0 Å². The molecule has 0 N–H and O–H groups in total. The maximum Gasteiger partial charge on any atom is 0.410 e. The number of piperazine rings is 1. The third-order valence-electron chi connectivity index (χ3n) is 6.94. The van der Waals surface area contributed by atoms with Crippen LogP contribution in [-0.4, -0.2) is 70.7 Å². The van der Waals surface area contributed by atoms with E-state index in [1.54, 1.807) is 4.90 Å². The van der Waals surface area contributed by atoms with Crippen LogP contribution in [0.2, 0.25) is 0 Å². The zero-order valence-corrected chi connectivity index (χ0v) is 18.7. The first-order valence-electron chi connectivity index (χ1n) is 11.3. The second-order valence-electron chi connectivity index (χ2n) is 9.56. The number of benzene rings is 1. The maximum atomic E-state index is 13.1. The predicted molar refractivity (Wildman–Crippen MR) is 119 cm³/mol. The molecule has 1 aromatic carbocycles. The topological polar surface area (TPSA) is 85.6 Å². The number of nitriles is 1. The van der Waals surface area contributed by atoms with Gasteiger partial charge in [-0.2, -0.15) is 5.26 Å². The van der Waals surface area contributed by atoms with Gasteiger partial charge in [0.05, 0.1) is 18.0 Å². The number of amides is 1. The molecule has 1 aliphatic carbocycles. The van der Waals surface area contributed by atoms with Crippen LogP contribution in [0.4, 0.5) is 15.1 Å². The van der Waals surface area contributed by atoms with Crippen molar-refractivity contribution in [1.82, 2.24) is 19.8 Å². The predicted octanol–water partition coefficient (Wildman–Crippen LogP) is 2.80. The fourth-order valence-corrected chi connectivity index (χ4v) is 5.27. The van der Waals surface area contributed by atoms with Gasteiger partial charge in [0, 0.05) is 50.7 Å². The van der Waals surface area contributed by atoms with Gasteiger partial charge in [-0.15, -0.1) is 0 Å². The fraction of sp³-hybridized carbons (Fsp3) is 0.500. The molecular weight excluding hydrogens is 423 g/mol. The standard InChI is InChI=1S/C24H27FN6O2/c1-17-13-30(22-27-11-19(10-26)12-28-22)6-7-31(17)23(32)33-21-8-24(9-21)15-29(16-24)14-18-2-4-20(25)5-3-18/h2-5,11-12,17,21H,6-9,13-16H2,1H3/t17-/m1/s1. The Labute approximate surface area is 192 Å². The van der Waals surface area contributed by atoms with Crippen LogP contribution < -0.4 is 4.90 Å². The van der Waals surface area contributed by atoms with Gasteiger partial charge < -0.3 is 14.5 Å². The van der Waals surface area contributed by atoms with Crippen LogP contribution in [0.15, 0.2) is 36.7 Å². The molecule has 2 aromatic rings. The zero-order chi connectivity index (χ0) is 23.0. The number of halogens is 1. The second-order valence-corrected chi connectivity index (χ2v) is 9.56. The summed E-state index contributed by atoms with van der Waals surface area (Å²) in [5.74, 6) is 0.366. The molecule has 8 nitrogen and oxygen atoms in total. The number of carbonyl (C=O) groups is 1. The average molecular weight is 451 g/mol. The smallest absolute Gasteiger partial charge is 0.410 e. The van der Waals surface area contributed by atoms with Crippen molar-refractivity contribution >= 4 is 12.0 Å². The normalized spacial score (nSPS) is 22.4. The molecule has 172 valence electrons. The van der Waals surface area contributed by atoms with Gasteiger partial charge in [0.2, 0.25) is 5.95 Å². The van der Waals surface area contributed by atoms with E-state index in [1.165, 1.54) is 24.5 Å². The lowest BCUT2D eigenvalue weighted by Gasteiger charge is -2.58. The largest absolute Gasteiger partial charge is 0.446 e. The molecule has 3 aliphatic rings. The summed E-state index contributed by atoms with van der Waals surface area (Å²) in [6.07, 6.45) is 4.59. The van der Waals surface area contributed by atoms with E-state index in [4.69, 9.17) is 10.00 Å².